The first-order valence-electron chi connectivity index (χ1n) is 8.24. The minimum atomic E-state index is 0.777. The highest BCUT2D eigenvalue weighted by Gasteiger charge is 1.92. The van der Waals surface area contributed by atoms with E-state index < -0.39 is 0 Å². The van der Waals surface area contributed by atoms with Crippen LogP contribution in [-0.2, 0) is 0 Å². The maximum Gasteiger partial charge on any atom is -0.0226 e. The molecule has 0 saturated heterocycles. The SMILES string of the molecule is CCCCCCCC.c1ccc(Pc2ccccc2)cc1. The van der Waals surface area contributed by atoms with Crippen LogP contribution in [0.5, 0.6) is 0 Å². The van der Waals surface area contributed by atoms with Gasteiger partial charge in [0.2, 0.25) is 0 Å². The Morgan fingerprint density at radius 1 is 0.571 bits per heavy atom. The van der Waals surface area contributed by atoms with E-state index in [1.165, 1.54) is 49.1 Å². The highest BCUT2D eigenvalue weighted by Crippen LogP contribution is 2.08. The molecule has 0 N–H and O–H groups in total. The molecule has 0 aliphatic rings. The summed E-state index contributed by atoms with van der Waals surface area (Å²) in [6.07, 6.45) is 8.49. The van der Waals surface area contributed by atoms with Crippen molar-refractivity contribution in [2.24, 2.45) is 0 Å². The van der Waals surface area contributed by atoms with Crippen LogP contribution < -0.4 is 10.6 Å². The fourth-order valence-corrected chi connectivity index (χ4v) is 3.11. The van der Waals surface area contributed by atoms with Crippen LogP contribution in [0.1, 0.15) is 52.4 Å². The molecule has 1 heteroatoms. The standard InChI is InChI=1S/C12H11P.C8H18/c1-3-7-11(8-4-1)13-12-9-5-2-6-10-12;1-3-5-7-8-6-4-2/h1-10,13H;3-8H2,1-2H3. The lowest BCUT2D eigenvalue weighted by Gasteiger charge is -2.00. The molecule has 0 amide bonds. The molecule has 0 atom stereocenters. The molecule has 2 rings (SSSR count). The zero-order chi connectivity index (χ0) is 15.2. The molecule has 0 radical (unpaired) electrons. The van der Waals surface area contributed by atoms with Crippen LogP contribution in [0.4, 0.5) is 0 Å². The molecule has 21 heavy (non-hydrogen) atoms. The van der Waals surface area contributed by atoms with Crippen molar-refractivity contribution in [3.8, 4) is 0 Å². The zero-order valence-corrected chi connectivity index (χ0v) is 14.5. The summed E-state index contributed by atoms with van der Waals surface area (Å²) in [5.74, 6) is 0. The van der Waals surface area contributed by atoms with Gasteiger partial charge in [-0.05, 0) is 10.6 Å². The molecule has 0 heterocycles. The van der Waals surface area contributed by atoms with E-state index in [0.717, 1.165) is 8.58 Å². The number of hydrogen-bond donors (Lipinski definition) is 0. The summed E-state index contributed by atoms with van der Waals surface area (Å²) in [6, 6.07) is 21.2. The van der Waals surface area contributed by atoms with Crippen LogP contribution >= 0.6 is 8.58 Å². The summed E-state index contributed by atoms with van der Waals surface area (Å²) in [6.45, 7) is 4.51. The topological polar surface area (TPSA) is 0 Å². The van der Waals surface area contributed by atoms with E-state index in [1.54, 1.807) is 0 Å². The average molecular weight is 300 g/mol. The largest absolute Gasteiger partial charge is 0.0654 e. The Hall–Kier alpha value is -1.13. The van der Waals surface area contributed by atoms with Crippen molar-refractivity contribution < 1.29 is 0 Å². The quantitative estimate of drug-likeness (QED) is 0.455. The third-order valence-electron chi connectivity index (χ3n) is 3.29. The first kappa shape index (κ1) is 17.9. The molecule has 2 aromatic carbocycles. The van der Waals surface area contributed by atoms with Crippen LogP contribution in [0.25, 0.3) is 0 Å². The van der Waals surface area contributed by atoms with E-state index in [9.17, 15) is 0 Å². The molecule has 0 fully saturated rings. The summed E-state index contributed by atoms with van der Waals surface area (Å²) in [4.78, 5) is 0. The summed E-state index contributed by atoms with van der Waals surface area (Å²) >= 11 is 0. The van der Waals surface area contributed by atoms with E-state index in [0.29, 0.717) is 0 Å². The van der Waals surface area contributed by atoms with Crippen LogP contribution in [0.2, 0.25) is 0 Å². The second-order valence-electron chi connectivity index (χ2n) is 5.27. The summed E-state index contributed by atoms with van der Waals surface area (Å²) in [5, 5.41) is 2.79. The first-order valence-corrected chi connectivity index (χ1v) is 9.24. The highest BCUT2D eigenvalue weighted by molar-refractivity contribution is 7.55. The van der Waals surface area contributed by atoms with Crippen LogP contribution in [0.3, 0.4) is 0 Å². The minimum Gasteiger partial charge on any atom is -0.0654 e. The Morgan fingerprint density at radius 2 is 0.952 bits per heavy atom. The number of unbranched alkanes of at least 4 members (excludes halogenated alkanes) is 5. The number of hydrogen-bond acceptors (Lipinski definition) is 0. The van der Waals surface area contributed by atoms with Crippen molar-refractivity contribution >= 4 is 19.2 Å². The molecule has 0 bridgehead atoms. The molecule has 0 aliphatic heterocycles. The van der Waals surface area contributed by atoms with Crippen molar-refractivity contribution in [3.05, 3.63) is 60.7 Å². The molecular formula is C20H29P. The molecule has 0 unspecified atom stereocenters. The fourth-order valence-electron chi connectivity index (χ4n) is 2.06. The molecule has 2 aromatic rings. The maximum absolute atomic E-state index is 2.26. The van der Waals surface area contributed by atoms with Crippen LogP contribution in [0.15, 0.2) is 60.7 Å². The van der Waals surface area contributed by atoms with Gasteiger partial charge in [-0.15, -0.1) is 0 Å². The van der Waals surface area contributed by atoms with Crippen molar-refractivity contribution in [1.82, 2.24) is 0 Å². The van der Waals surface area contributed by atoms with Gasteiger partial charge in [0, 0.05) is 0 Å². The first-order chi connectivity index (χ1) is 10.4. The second-order valence-corrected chi connectivity index (χ2v) is 6.68. The van der Waals surface area contributed by atoms with E-state index >= 15 is 0 Å². The van der Waals surface area contributed by atoms with Gasteiger partial charge in [-0.3, -0.25) is 0 Å². The third-order valence-corrected chi connectivity index (χ3v) is 4.54. The predicted molar refractivity (Wildman–Crippen MR) is 99.5 cm³/mol. The lowest BCUT2D eigenvalue weighted by Crippen LogP contribution is -2.01. The lowest BCUT2D eigenvalue weighted by atomic mass is 10.1. The molecule has 0 nitrogen and oxygen atoms in total. The lowest BCUT2D eigenvalue weighted by molar-refractivity contribution is 0.624. The normalized spacial score (nSPS) is 9.81. The minimum absolute atomic E-state index is 0.777. The number of rotatable bonds is 7. The van der Waals surface area contributed by atoms with E-state index in [-0.39, 0.29) is 0 Å². The molecular weight excluding hydrogens is 271 g/mol. The Balaban J connectivity index is 0.000000240. The molecule has 0 saturated carbocycles. The number of benzene rings is 2. The molecule has 0 aromatic heterocycles. The van der Waals surface area contributed by atoms with E-state index in [2.05, 4.69) is 74.5 Å². The van der Waals surface area contributed by atoms with Crippen molar-refractivity contribution in [2.45, 2.75) is 52.4 Å². The van der Waals surface area contributed by atoms with E-state index in [4.69, 9.17) is 0 Å². The molecule has 0 aliphatic carbocycles. The van der Waals surface area contributed by atoms with Gasteiger partial charge >= 0.3 is 0 Å². The molecule has 0 spiro atoms. The Morgan fingerprint density at radius 3 is 1.29 bits per heavy atom. The van der Waals surface area contributed by atoms with Gasteiger partial charge < -0.3 is 0 Å². The van der Waals surface area contributed by atoms with Gasteiger partial charge in [-0.1, -0.05) is 122 Å². The summed E-state index contributed by atoms with van der Waals surface area (Å²) in [5.41, 5.74) is 0. The Kier molecular flexibility index (Phi) is 10.8. The van der Waals surface area contributed by atoms with Gasteiger partial charge in [-0.2, -0.15) is 0 Å². The average Bonchev–Trinajstić information content (AvgIpc) is 2.54. The Bertz CT molecular complexity index is 392. The monoisotopic (exact) mass is 300 g/mol. The summed E-state index contributed by atoms with van der Waals surface area (Å²) < 4.78 is 0. The van der Waals surface area contributed by atoms with Gasteiger partial charge in [-0.25, -0.2) is 0 Å². The smallest absolute Gasteiger partial charge is 0.0226 e. The van der Waals surface area contributed by atoms with Crippen molar-refractivity contribution in [3.63, 3.8) is 0 Å². The van der Waals surface area contributed by atoms with E-state index in [1.807, 2.05) is 0 Å². The van der Waals surface area contributed by atoms with Crippen LogP contribution in [-0.4, -0.2) is 0 Å². The van der Waals surface area contributed by atoms with Gasteiger partial charge in [0.1, 0.15) is 0 Å². The van der Waals surface area contributed by atoms with Crippen LogP contribution in [0, 0.1) is 0 Å². The fraction of sp³-hybridized carbons (Fsp3) is 0.400. The Labute approximate surface area is 132 Å². The van der Waals surface area contributed by atoms with Crippen molar-refractivity contribution in [2.75, 3.05) is 0 Å². The highest BCUT2D eigenvalue weighted by atomic mass is 31.1. The summed E-state index contributed by atoms with van der Waals surface area (Å²) in [7, 11) is 0.777. The zero-order valence-electron chi connectivity index (χ0n) is 13.5. The molecule has 114 valence electrons. The van der Waals surface area contributed by atoms with Gasteiger partial charge in [0.05, 0.1) is 0 Å². The van der Waals surface area contributed by atoms with Crippen molar-refractivity contribution in [1.29, 1.82) is 0 Å². The predicted octanol–water partition coefficient (Wildman–Crippen LogP) is 5.68. The van der Waals surface area contributed by atoms with Gasteiger partial charge in [0.15, 0.2) is 0 Å². The third kappa shape index (κ3) is 9.43. The second kappa shape index (κ2) is 12.6. The van der Waals surface area contributed by atoms with Gasteiger partial charge in [0.25, 0.3) is 0 Å². The maximum atomic E-state index is 2.26.